The Morgan fingerprint density at radius 3 is 1.45 bits per heavy atom. The van der Waals surface area contributed by atoms with Crippen LogP contribution >= 0.6 is 0 Å². The zero-order valence-corrected chi connectivity index (χ0v) is 12.2. The van der Waals surface area contributed by atoms with Crippen LogP contribution in [0.25, 0.3) is 11.1 Å². The summed E-state index contributed by atoms with van der Waals surface area (Å²) in [5, 5.41) is 20.2. The molecule has 2 aromatic carbocycles. The highest BCUT2D eigenvalue weighted by Gasteiger charge is 2.14. The third kappa shape index (κ3) is 2.79. The second-order valence-electron chi connectivity index (χ2n) is 5.11. The Bertz CT molecular complexity index is 534. The van der Waals surface area contributed by atoms with Crippen molar-refractivity contribution in [3.8, 4) is 22.6 Å². The average Bonchev–Trinajstić information content (AvgIpc) is 2.44. The summed E-state index contributed by atoms with van der Waals surface area (Å²) < 4.78 is 0. The van der Waals surface area contributed by atoms with Crippen LogP contribution in [0.5, 0.6) is 11.5 Å². The normalized spacial score (nSPS) is 10.7. The van der Waals surface area contributed by atoms with E-state index < -0.39 is 0 Å². The molecule has 0 fully saturated rings. The molecule has 0 spiro atoms. The highest BCUT2D eigenvalue weighted by molar-refractivity contribution is 5.74. The molecule has 0 radical (unpaired) electrons. The third-order valence-corrected chi connectivity index (χ3v) is 3.59. The minimum Gasteiger partial charge on any atom is -0.508 e. The van der Waals surface area contributed by atoms with Crippen LogP contribution in [0, 0.1) is 0 Å². The summed E-state index contributed by atoms with van der Waals surface area (Å²) in [5.74, 6) is 0.685. The Balaban J connectivity index is 2.62. The standard InChI is InChI=1S/C18H22O2/c1-3-7-15-13(9-5-11-17(15)19)14-10-6-12-18(20)16(14)8-4-2/h5-6,9-12,19-20H,3-4,7-8H2,1-2H3. The van der Waals surface area contributed by atoms with Crippen LogP contribution < -0.4 is 0 Å². The first-order chi connectivity index (χ1) is 9.69. The van der Waals surface area contributed by atoms with E-state index >= 15 is 0 Å². The Morgan fingerprint density at radius 1 is 0.700 bits per heavy atom. The SMILES string of the molecule is CCCc1c(O)cccc1-c1cccc(O)c1CCC. The fraction of sp³-hybridized carbons (Fsp3) is 0.333. The minimum absolute atomic E-state index is 0.343. The van der Waals surface area contributed by atoms with Gasteiger partial charge in [-0.15, -0.1) is 0 Å². The van der Waals surface area contributed by atoms with E-state index in [-0.39, 0.29) is 0 Å². The molecule has 0 saturated carbocycles. The Morgan fingerprint density at radius 2 is 1.10 bits per heavy atom. The van der Waals surface area contributed by atoms with Crippen molar-refractivity contribution in [2.75, 3.05) is 0 Å². The lowest BCUT2D eigenvalue weighted by Crippen LogP contribution is -1.95. The van der Waals surface area contributed by atoms with Crippen LogP contribution in [0.15, 0.2) is 36.4 Å². The fourth-order valence-corrected chi connectivity index (χ4v) is 2.68. The molecule has 0 aliphatic carbocycles. The molecule has 0 amide bonds. The molecule has 106 valence electrons. The van der Waals surface area contributed by atoms with Crippen molar-refractivity contribution >= 4 is 0 Å². The van der Waals surface area contributed by atoms with Gasteiger partial charge in [0, 0.05) is 11.1 Å². The van der Waals surface area contributed by atoms with E-state index in [2.05, 4.69) is 13.8 Å². The summed E-state index contributed by atoms with van der Waals surface area (Å²) in [6, 6.07) is 11.2. The van der Waals surface area contributed by atoms with E-state index in [0.29, 0.717) is 11.5 Å². The predicted molar refractivity (Wildman–Crippen MR) is 83.2 cm³/mol. The quantitative estimate of drug-likeness (QED) is 0.828. The van der Waals surface area contributed by atoms with E-state index in [1.165, 1.54) is 0 Å². The highest BCUT2D eigenvalue weighted by atomic mass is 16.3. The molecule has 20 heavy (non-hydrogen) atoms. The lowest BCUT2D eigenvalue weighted by atomic mass is 9.91. The van der Waals surface area contributed by atoms with Crippen LogP contribution in [0.3, 0.4) is 0 Å². The molecule has 0 bridgehead atoms. The summed E-state index contributed by atoms with van der Waals surface area (Å²) in [5.41, 5.74) is 4.01. The molecule has 0 saturated heterocycles. The van der Waals surface area contributed by atoms with E-state index in [4.69, 9.17) is 0 Å². The molecule has 0 heterocycles. The maximum atomic E-state index is 10.1. The van der Waals surface area contributed by atoms with Crippen LogP contribution in [0.1, 0.15) is 37.8 Å². The van der Waals surface area contributed by atoms with Crippen molar-refractivity contribution < 1.29 is 10.2 Å². The first-order valence-corrected chi connectivity index (χ1v) is 7.31. The number of hydrogen-bond donors (Lipinski definition) is 2. The fourth-order valence-electron chi connectivity index (χ4n) is 2.68. The summed E-state index contributed by atoms with van der Waals surface area (Å²) in [7, 11) is 0. The molecule has 2 N–H and O–H groups in total. The van der Waals surface area contributed by atoms with E-state index in [1.54, 1.807) is 12.1 Å². The maximum Gasteiger partial charge on any atom is 0.119 e. The summed E-state index contributed by atoms with van der Waals surface area (Å²) >= 11 is 0. The van der Waals surface area contributed by atoms with Crippen molar-refractivity contribution in [3.05, 3.63) is 47.5 Å². The monoisotopic (exact) mass is 270 g/mol. The molecular formula is C18H22O2. The van der Waals surface area contributed by atoms with Gasteiger partial charge in [-0.2, -0.15) is 0 Å². The Kier molecular flexibility index (Phi) is 4.67. The number of rotatable bonds is 5. The van der Waals surface area contributed by atoms with Gasteiger partial charge in [-0.05, 0) is 36.1 Å². The Hall–Kier alpha value is -1.96. The van der Waals surface area contributed by atoms with Gasteiger partial charge in [-0.3, -0.25) is 0 Å². The van der Waals surface area contributed by atoms with Gasteiger partial charge in [-0.25, -0.2) is 0 Å². The second-order valence-corrected chi connectivity index (χ2v) is 5.11. The van der Waals surface area contributed by atoms with Crippen molar-refractivity contribution in [3.63, 3.8) is 0 Å². The summed E-state index contributed by atoms with van der Waals surface area (Å²) in [6.07, 6.45) is 3.63. The molecule has 0 atom stereocenters. The molecular weight excluding hydrogens is 248 g/mol. The molecule has 0 unspecified atom stereocenters. The van der Waals surface area contributed by atoms with Gasteiger partial charge in [0.05, 0.1) is 0 Å². The summed E-state index contributed by atoms with van der Waals surface area (Å²) in [6.45, 7) is 4.21. The van der Waals surface area contributed by atoms with Crippen molar-refractivity contribution in [1.29, 1.82) is 0 Å². The topological polar surface area (TPSA) is 40.5 Å². The molecule has 2 rings (SSSR count). The van der Waals surface area contributed by atoms with Gasteiger partial charge in [0.2, 0.25) is 0 Å². The van der Waals surface area contributed by atoms with Crippen LogP contribution in [0.2, 0.25) is 0 Å². The van der Waals surface area contributed by atoms with Gasteiger partial charge in [0.1, 0.15) is 11.5 Å². The van der Waals surface area contributed by atoms with Gasteiger partial charge in [-0.1, -0.05) is 51.0 Å². The number of benzene rings is 2. The van der Waals surface area contributed by atoms with E-state index in [9.17, 15) is 10.2 Å². The first kappa shape index (κ1) is 14.4. The zero-order valence-electron chi connectivity index (χ0n) is 12.2. The largest absolute Gasteiger partial charge is 0.508 e. The van der Waals surface area contributed by atoms with Crippen LogP contribution in [0.4, 0.5) is 0 Å². The number of aromatic hydroxyl groups is 2. The van der Waals surface area contributed by atoms with E-state index in [0.717, 1.165) is 47.9 Å². The molecule has 2 aromatic rings. The highest BCUT2D eigenvalue weighted by Crippen LogP contribution is 2.36. The number of hydrogen-bond acceptors (Lipinski definition) is 2. The van der Waals surface area contributed by atoms with Gasteiger partial charge >= 0.3 is 0 Å². The number of phenols is 2. The van der Waals surface area contributed by atoms with Crippen molar-refractivity contribution in [1.82, 2.24) is 0 Å². The predicted octanol–water partition coefficient (Wildman–Crippen LogP) is 4.67. The maximum absolute atomic E-state index is 10.1. The molecule has 0 aliphatic heterocycles. The number of phenolic OH excluding ortho intramolecular Hbond substituents is 2. The zero-order chi connectivity index (χ0) is 14.5. The molecule has 0 aliphatic rings. The lowest BCUT2D eigenvalue weighted by molar-refractivity contribution is 0.466. The van der Waals surface area contributed by atoms with Gasteiger partial charge < -0.3 is 10.2 Å². The van der Waals surface area contributed by atoms with Crippen molar-refractivity contribution in [2.45, 2.75) is 39.5 Å². The third-order valence-electron chi connectivity index (χ3n) is 3.59. The molecule has 2 heteroatoms. The minimum atomic E-state index is 0.343. The summed E-state index contributed by atoms with van der Waals surface area (Å²) in [4.78, 5) is 0. The second kappa shape index (κ2) is 6.47. The smallest absolute Gasteiger partial charge is 0.119 e. The molecule has 2 nitrogen and oxygen atoms in total. The van der Waals surface area contributed by atoms with Crippen LogP contribution in [-0.4, -0.2) is 10.2 Å². The lowest BCUT2D eigenvalue weighted by Gasteiger charge is -2.15. The first-order valence-electron chi connectivity index (χ1n) is 7.31. The molecule has 0 aromatic heterocycles. The van der Waals surface area contributed by atoms with Crippen LogP contribution in [-0.2, 0) is 12.8 Å². The van der Waals surface area contributed by atoms with Gasteiger partial charge in [0.15, 0.2) is 0 Å². The van der Waals surface area contributed by atoms with E-state index in [1.807, 2.05) is 24.3 Å². The van der Waals surface area contributed by atoms with Gasteiger partial charge in [0.25, 0.3) is 0 Å². The average molecular weight is 270 g/mol. The Labute approximate surface area is 120 Å². The van der Waals surface area contributed by atoms with Crippen molar-refractivity contribution in [2.24, 2.45) is 0 Å².